The average molecular weight is 191 g/mol. The van der Waals surface area contributed by atoms with E-state index in [1.807, 2.05) is 25.1 Å². The normalized spacial score (nSPS) is 19.1. The van der Waals surface area contributed by atoms with Crippen molar-refractivity contribution in [2.75, 3.05) is 11.9 Å². The van der Waals surface area contributed by atoms with Gasteiger partial charge >= 0.3 is 0 Å². The Hall–Kier alpha value is -1.35. The fourth-order valence-corrected chi connectivity index (χ4v) is 1.40. The van der Waals surface area contributed by atoms with Gasteiger partial charge in [-0.2, -0.15) is 0 Å². The van der Waals surface area contributed by atoms with E-state index in [9.17, 15) is 4.79 Å². The summed E-state index contributed by atoms with van der Waals surface area (Å²) in [4.78, 5) is 10.9. The third kappa shape index (κ3) is 1.93. The van der Waals surface area contributed by atoms with E-state index in [4.69, 9.17) is 4.74 Å². The van der Waals surface area contributed by atoms with Crippen LogP contribution in [0, 0.1) is 6.92 Å². The lowest BCUT2D eigenvalue weighted by atomic mass is 10.1. The van der Waals surface area contributed by atoms with Gasteiger partial charge in [0.05, 0.1) is 6.61 Å². The lowest BCUT2D eigenvalue weighted by Crippen LogP contribution is -2.07. The van der Waals surface area contributed by atoms with Crippen LogP contribution in [0.15, 0.2) is 18.2 Å². The minimum absolute atomic E-state index is 0.0398. The molecule has 1 amide bonds. The number of ether oxygens (including phenoxy) is 1. The molecule has 0 radical (unpaired) electrons. The molecule has 0 unspecified atom stereocenters. The zero-order valence-electron chi connectivity index (χ0n) is 8.33. The second kappa shape index (κ2) is 3.42. The van der Waals surface area contributed by atoms with Gasteiger partial charge in [-0.1, -0.05) is 12.1 Å². The molecule has 2 rings (SSSR count). The first-order valence-corrected chi connectivity index (χ1v) is 4.66. The Morgan fingerprint density at radius 2 is 2.29 bits per heavy atom. The molecule has 3 heteroatoms. The van der Waals surface area contributed by atoms with Gasteiger partial charge in [-0.3, -0.25) is 4.79 Å². The summed E-state index contributed by atoms with van der Waals surface area (Å²) in [6.07, 6.45) is 0.239. The van der Waals surface area contributed by atoms with E-state index in [-0.39, 0.29) is 12.0 Å². The molecular weight excluding hydrogens is 178 g/mol. The maximum Gasteiger partial charge on any atom is 0.221 e. The highest BCUT2D eigenvalue weighted by atomic mass is 16.6. The van der Waals surface area contributed by atoms with Crippen LogP contribution < -0.4 is 5.32 Å². The van der Waals surface area contributed by atoms with E-state index in [0.717, 1.165) is 23.4 Å². The SMILES string of the molecule is CC(=O)Nc1cc([C@H]2CO2)ccc1C. The summed E-state index contributed by atoms with van der Waals surface area (Å²) in [5.41, 5.74) is 3.09. The molecule has 0 aromatic heterocycles. The molecule has 1 heterocycles. The van der Waals surface area contributed by atoms with Crippen molar-refractivity contribution < 1.29 is 9.53 Å². The quantitative estimate of drug-likeness (QED) is 0.726. The third-order valence-electron chi connectivity index (χ3n) is 2.28. The molecule has 1 saturated heterocycles. The summed E-state index contributed by atoms with van der Waals surface area (Å²) in [5.74, 6) is -0.0398. The number of nitrogens with one attached hydrogen (secondary N) is 1. The van der Waals surface area contributed by atoms with Crippen molar-refractivity contribution >= 4 is 11.6 Å². The number of benzene rings is 1. The molecule has 1 aliphatic heterocycles. The minimum Gasteiger partial charge on any atom is -0.368 e. The molecule has 1 atom stereocenters. The van der Waals surface area contributed by atoms with Crippen molar-refractivity contribution in [3.63, 3.8) is 0 Å². The van der Waals surface area contributed by atoms with Crippen molar-refractivity contribution in [1.29, 1.82) is 0 Å². The van der Waals surface area contributed by atoms with E-state index in [1.54, 1.807) is 0 Å². The Bertz CT molecular complexity index is 370. The molecular formula is C11H13NO2. The van der Waals surface area contributed by atoms with Crippen LogP contribution in [0.5, 0.6) is 0 Å². The lowest BCUT2D eigenvalue weighted by molar-refractivity contribution is -0.114. The first-order chi connectivity index (χ1) is 6.66. The molecule has 1 aliphatic rings. The van der Waals surface area contributed by atoms with Crippen LogP contribution >= 0.6 is 0 Å². The van der Waals surface area contributed by atoms with E-state index >= 15 is 0 Å². The fraction of sp³-hybridized carbons (Fsp3) is 0.364. The largest absolute Gasteiger partial charge is 0.368 e. The summed E-state index contributed by atoms with van der Waals surface area (Å²) in [6, 6.07) is 6.02. The molecule has 14 heavy (non-hydrogen) atoms. The summed E-state index contributed by atoms with van der Waals surface area (Å²) in [6.45, 7) is 4.28. The lowest BCUT2D eigenvalue weighted by Gasteiger charge is -2.07. The fourth-order valence-electron chi connectivity index (χ4n) is 1.40. The van der Waals surface area contributed by atoms with Crippen LogP contribution in [-0.2, 0) is 9.53 Å². The van der Waals surface area contributed by atoms with Crippen LogP contribution in [0.1, 0.15) is 24.2 Å². The van der Waals surface area contributed by atoms with Crippen molar-refractivity contribution in [2.45, 2.75) is 20.0 Å². The highest BCUT2D eigenvalue weighted by Gasteiger charge is 2.25. The Kier molecular flexibility index (Phi) is 2.25. The van der Waals surface area contributed by atoms with E-state index in [1.165, 1.54) is 6.92 Å². The van der Waals surface area contributed by atoms with Gasteiger partial charge in [0.15, 0.2) is 0 Å². The number of carbonyl (C=O) groups is 1. The standard InChI is InChI=1S/C11H13NO2/c1-7-3-4-9(11-6-14-11)5-10(7)12-8(2)13/h3-5,11H,6H2,1-2H3,(H,12,13)/t11-/m1/s1. The number of epoxide rings is 1. The zero-order valence-corrected chi connectivity index (χ0v) is 8.33. The van der Waals surface area contributed by atoms with Gasteiger partial charge in [0.25, 0.3) is 0 Å². The molecule has 1 aromatic rings. The number of hydrogen-bond donors (Lipinski definition) is 1. The number of amides is 1. The van der Waals surface area contributed by atoms with Gasteiger partial charge in [-0.25, -0.2) is 0 Å². The van der Waals surface area contributed by atoms with Gasteiger partial charge in [-0.05, 0) is 24.1 Å². The maximum atomic E-state index is 10.9. The molecule has 3 nitrogen and oxygen atoms in total. The smallest absolute Gasteiger partial charge is 0.221 e. The van der Waals surface area contributed by atoms with Crippen molar-refractivity contribution in [2.24, 2.45) is 0 Å². The second-order valence-corrected chi connectivity index (χ2v) is 3.58. The topological polar surface area (TPSA) is 41.6 Å². The number of carbonyl (C=O) groups excluding carboxylic acids is 1. The maximum absolute atomic E-state index is 10.9. The summed E-state index contributed by atoms with van der Waals surface area (Å²) >= 11 is 0. The number of rotatable bonds is 2. The third-order valence-corrected chi connectivity index (χ3v) is 2.28. The predicted molar refractivity (Wildman–Crippen MR) is 54.2 cm³/mol. The first kappa shape index (κ1) is 9.21. The first-order valence-electron chi connectivity index (χ1n) is 4.66. The second-order valence-electron chi connectivity index (χ2n) is 3.58. The minimum atomic E-state index is -0.0398. The van der Waals surface area contributed by atoms with E-state index in [0.29, 0.717) is 0 Å². The van der Waals surface area contributed by atoms with Gasteiger partial charge in [0.1, 0.15) is 6.10 Å². The van der Waals surface area contributed by atoms with E-state index in [2.05, 4.69) is 5.32 Å². The highest BCUT2D eigenvalue weighted by molar-refractivity contribution is 5.89. The Labute approximate surface area is 83.1 Å². The van der Waals surface area contributed by atoms with Gasteiger partial charge < -0.3 is 10.1 Å². The average Bonchev–Trinajstić information content (AvgIpc) is 2.91. The van der Waals surface area contributed by atoms with Gasteiger partial charge in [0, 0.05) is 12.6 Å². The van der Waals surface area contributed by atoms with Crippen LogP contribution in [0.25, 0.3) is 0 Å². The Morgan fingerprint density at radius 3 is 2.86 bits per heavy atom. The van der Waals surface area contributed by atoms with Crippen LogP contribution in [0.2, 0.25) is 0 Å². The number of anilines is 1. The van der Waals surface area contributed by atoms with Crippen LogP contribution in [0.3, 0.4) is 0 Å². The molecule has 0 bridgehead atoms. The molecule has 0 spiro atoms. The molecule has 1 aromatic carbocycles. The Morgan fingerprint density at radius 1 is 1.57 bits per heavy atom. The number of hydrogen-bond acceptors (Lipinski definition) is 2. The van der Waals surface area contributed by atoms with E-state index < -0.39 is 0 Å². The van der Waals surface area contributed by atoms with Gasteiger partial charge in [-0.15, -0.1) is 0 Å². The van der Waals surface area contributed by atoms with Crippen LogP contribution in [0.4, 0.5) is 5.69 Å². The summed E-state index contributed by atoms with van der Waals surface area (Å²) in [7, 11) is 0. The Balaban J connectivity index is 2.26. The zero-order chi connectivity index (χ0) is 10.1. The molecule has 1 N–H and O–H groups in total. The van der Waals surface area contributed by atoms with Crippen molar-refractivity contribution in [1.82, 2.24) is 0 Å². The monoisotopic (exact) mass is 191 g/mol. The van der Waals surface area contributed by atoms with Crippen LogP contribution in [-0.4, -0.2) is 12.5 Å². The van der Waals surface area contributed by atoms with Crippen molar-refractivity contribution in [3.8, 4) is 0 Å². The summed E-state index contributed by atoms with van der Waals surface area (Å²) < 4.78 is 5.18. The molecule has 74 valence electrons. The number of aryl methyl sites for hydroxylation is 1. The highest BCUT2D eigenvalue weighted by Crippen LogP contribution is 2.32. The summed E-state index contributed by atoms with van der Waals surface area (Å²) in [5, 5.41) is 2.80. The van der Waals surface area contributed by atoms with Gasteiger partial charge in [0.2, 0.25) is 5.91 Å². The predicted octanol–water partition coefficient (Wildman–Crippen LogP) is 2.02. The molecule has 0 aliphatic carbocycles. The molecule has 0 saturated carbocycles. The van der Waals surface area contributed by atoms with Crippen molar-refractivity contribution in [3.05, 3.63) is 29.3 Å². The molecule has 1 fully saturated rings.